The third-order valence-corrected chi connectivity index (χ3v) is 3.46. The van der Waals surface area contributed by atoms with Crippen molar-refractivity contribution in [2.75, 3.05) is 39.9 Å². The molecule has 1 aromatic rings. The number of rotatable bonds is 7. The van der Waals surface area contributed by atoms with E-state index < -0.39 is 0 Å². The number of benzene rings is 1. The van der Waals surface area contributed by atoms with Gasteiger partial charge in [0.1, 0.15) is 24.3 Å². The molecule has 1 saturated heterocycles. The molecular formula is C16H25FN2O2. The molecule has 1 unspecified atom stereocenters. The fourth-order valence-corrected chi connectivity index (χ4v) is 2.37. The van der Waals surface area contributed by atoms with Gasteiger partial charge in [-0.1, -0.05) is 6.92 Å². The summed E-state index contributed by atoms with van der Waals surface area (Å²) in [5, 5.41) is 3.26. The molecule has 118 valence electrons. The molecule has 1 atom stereocenters. The lowest BCUT2D eigenvalue weighted by molar-refractivity contribution is -0.0404. The van der Waals surface area contributed by atoms with E-state index in [0.29, 0.717) is 18.9 Å². The van der Waals surface area contributed by atoms with Crippen molar-refractivity contribution >= 4 is 0 Å². The van der Waals surface area contributed by atoms with Crippen LogP contribution in [-0.4, -0.2) is 50.9 Å². The average molecular weight is 296 g/mol. The lowest BCUT2D eigenvalue weighted by atomic mass is 10.2. The Balaban J connectivity index is 1.86. The van der Waals surface area contributed by atoms with Gasteiger partial charge in [-0.2, -0.15) is 0 Å². The summed E-state index contributed by atoms with van der Waals surface area (Å²) < 4.78 is 25.0. The Morgan fingerprint density at radius 3 is 3.05 bits per heavy atom. The molecule has 4 nitrogen and oxygen atoms in total. The second-order valence-corrected chi connectivity index (χ2v) is 5.54. The van der Waals surface area contributed by atoms with E-state index in [4.69, 9.17) is 9.47 Å². The molecule has 0 bridgehead atoms. The molecule has 5 heteroatoms. The molecule has 1 fully saturated rings. The summed E-state index contributed by atoms with van der Waals surface area (Å²) in [6.07, 6.45) is 1.11. The first-order valence-corrected chi connectivity index (χ1v) is 7.60. The van der Waals surface area contributed by atoms with Gasteiger partial charge < -0.3 is 19.7 Å². The normalized spacial score (nSPS) is 19.7. The maximum atomic E-state index is 13.6. The highest BCUT2D eigenvalue weighted by Gasteiger charge is 2.18. The van der Waals surface area contributed by atoms with E-state index in [1.165, 1.54) is 6.07 Å². The molecule has 0 aliphatic carbocycles. The Kier molecular flexibility index (Phi) is 6.42. The maximum absolute atomic E-state index is 13.6. The summed E-state index contributed by atoms with van der Waals surface area (Å²) in [4.78, 5) is 2.21. The highest BCUT2D eigenvalue weighted by Crippen LogP contribution is 2.17. The number of hydrogen-bond acceptors (Lipinski definition) is 4. The summed E-state index contributed by atoms with van der Waals surface area (Å²) in [6, 6.07) is 4.86. The number of halogens is 1. The standard InChI is InChI=1S/C16H25FN2O2/c1-3-4-18-10-13-7-14(17)9-15(8-13)21-12-16-11-19(2)5-6-20-16/h7-9,16,18H,3-6,10-12H2,1-2H3. The third kappa shape index (κ3) is 5.61. The minimum atomic E-state index is -0.262. The van der Waals surface area contributed by atoms with Crippen LogP contribution >= 0.6 is 0 Å². The summed E-state index contributed by atoms with van der Waals surface area (Å²) in [7, 11) is 2.06. The Labute approximate surface area is 126 Å². The highest BCUT2D eigenvalue weighted by atomic mass is 19.1. The monoisotopic (exact) mass is 296 g/mol. The van der Waals surface area contributed by atoms with E-state index >= 15 is 0 Å². The van der Waals surface area contributed by atoms with Gasteiger partial charge in [-0.15, -0.1) is 0 Å². The second-order valence-electron chi connectivity index (χ2n) is 5.54. The number of nitrogens with zero attached hydrogens (tertiary/aromatic N) is 1. The molecule has 1 aromatic carbocycles. The molecule has 1 aliphatic heterocycles. The van der Waals surface area contributed by atoms with Gasteiger partial charge in [0.15, 0.2) is 0 Å². The Morgan fingerprint density at radius 2 is 2.29 bits per heavy atom. The Bertz CT molecular complexity index is 442. The summed E-state index contributed by atoms with van der Waals surface area (Å²) in [6.45, 7) is 6.66. The molecular weight excluding hydrogens is 271 g/mol. The topological polar surface area (TPSA) is 33.7 Å². The van der Waals surface area contributed by atoms with Crippen LogP contribution in [0.2, 0.25) is 0 Å². The van der Waals surface area contributed by atoms with Crippen molar-refractivity contribution in [3.8, 4) is 5.75 Å². The van der Waals surface area contributed by atoms with Crippen LogP contribution in [0.5, 0.6) is 5.75 Å². The van der Waals surface area contributed by atoms with Crippen molar-refractivity contribution in [3.05, 3.63) is 29.6 Å². The average Bonchev–Trinajstić information content (AvgIpc) is 2.45. The predicted octanol–water partition coefficient (Wildman–Crippen LogP) is 2.03. The quantitative estimate of drug-likeness (QED) is 0.781. The minimum Gasteiger partial charge on any atom is -0.491 e. The van der Waals surface area contributed by atoms with Crippen LogP contribution in [0.1, 0.15) is 18.9 Å². The van der Waals surface area contributed by atoms with Crippen LogP contribution in [0.25, 0.3) is 0 Å². The zero-order valence-electron chi connectivity index (χ0n) is 12.9. The first-order valence-electron chi connectivity index (χ1n) is 7.60. The zero-order valence-corrected chi connectivity index (χ0v) is 12.9. The molecule has 0 saturated carbocycles. The third-order valence-electron chi connectivity index (χ3n) is 3.46. The van der Waals surface area contributed by atoms with Gasteiger partial charge in [-0.05, 0) is 37.7 Å². The molecule has 0 spiro atoms. The number of hydrogen-bond donors (Lipinski definition) is 1. The van der Waals surface area contributed by atoms with Crippen molar-refractivity contribution in [2.45, 2.75) is 26.0 Å². The summed E-state index contributed by atoms with van der Waals surface area (Å²) in [5.41, 5.74) is 0.903. The van der Waals surface area contributed by atoms with Crippen LogP contribution in [0, 0.1) is 5.82 Å². The molecule has 2 rings (SSSR count). The van der Waals surface area contributed by atoms with Crippen LogP contribution < -0.4 is 10.1 Å². The van der Waals surface area contributed by atoms with Gasteiger partial charge in [0, 0.05) is 25.7 Å². The molecule has 0 aromatic heterocycles. The van der Waals surface area contributed by atoms with Crippen LogP contribution in [0.3, 0.4) is 0 Å². The van der Waals surface area contributed by atoms with E-state index in [1.54, 1.807) is 6.07 Å². The van der Waals surface area contributed by atoms with E-state index in [1.807, 2.05) is 6.07 Å². The first-order chi connectivity index (χ1) is 10.2. The van der Waals surface area contributed by atoms with Crippen LogP contribution in [0.15, 0.2) is 18.2 Å². The maximum Gasteiger partial charge on any atom is 0.127 e. The minimum absolute atomic E-state index is 0.0497. The fraction of sp³-hybridized carbons (Fsp3) is 0.625. The fourth-order valence-electron chi connectivity index (χ4n) is 2.37. The summed E-state index contributed by atoms with van der Waals surface area (Å²) >= 11 is 0. The van der Waals surface area contributed by atoms with Crippen molar-refractivity contribution in [1.82, 2.24) is 10.2 Å². The molecule has 1 heterocycles. The largest absolute Gasteiger partial charge is 0.491 e. The van der Waals surface area contributed by atoms with Gasteiger partial charge >= 0.3 is 0 Å². The lowest BCUT2D eigenvalue weighted by Crippen LogP contribution is -2.42. The van der Waals surface area contributed by atoms with Gasteiger partial charge in [0.2, 0.25) is 0 Å². The lowest BCUT2D eigenvalue weighted by Gasteiger charge is -2.29. The number of morpholine rings is 1. The second kappa shape index (κ2) is 8.32. The van der Waals surface area contributed by atoms with Crippen molar-refractivity contribution in [3.63, 3.8) is 0 Å². The molecule has 0 amide bonds. The molecule has 21 heavy (non-hydrogen) atoms. The Morgan fingerprint density at radius 1 is 1.43 bits per heavy atom. The van der Waals surface area contributed by atoms with E-state index in [-0.39, 0.29) is 11.9 Å². The summed E-state index contributed by atoms with van der Waals surface area (Å²) in [5.74, 6) is 0.308. The predicted molar refractivity (Wildman–Crippen MR) is 81.1 cm³/mol. The molecule has 0 radical (unpaired) electrons. The SMILES string of the molecule is CCCNCc1cc(F)cc(OCC2CN(C)CCO2)c1. The van der Waals surface area contributed by atoms with Crippen molar-refractivity contribution < 1.29 is 13.9 Å². The zero-order chi connectivity index (χ0) is 15.1. The number of nitrogens with one attached hydrogen (secondary N) is 1. The van der Waals surface area contributed by atoms with Crippen LogP contribution in [-0.2, 0) is 11.3 Å². The van der Waals surface area contributed by atoms with Gasteiger partial charge in [-0.25, -0.2) is 4.39 Å². The van der Waals surface area contributed by atoms with Crippen molar-refractivity contribution in [2.24, 2.45) is 0 Å². The Hall–Kier alpha value is -1.17. The number of ether oxygens (including phenoxy) is 2. The van der Waals surface area contributed by atoms with E-state index in [9.17, 15) is 4.39 Å². The van der Waals surface area contributed by atoms with E-state index in [0.717, 1.165) is 38.2 Å². The van der Waals surface area contributed by atoms with Crippen molar-refractivity contribution in [1.29, 1.82) is 0 Å². The molecule has 1 N–H and O–H groups in total. The van der Waals surface area contributed by atoms with Gasteiger partial charge in [-0.3, -0.25) is 0 Å². The highest BCUT2D eigenvalue weighted by molar-refractivity contribution is 5.29. The first kappa shape index (κ1) is 16.2. The van der Waals surface area contributed by atoms with Crippen LogP contribution in [0.4, 0.5) is 4.39 Å². The van der Waals surface area contributed by atoms with Gasteiger partial charge in [0.25, 0.3) is 0 Å². The van der Waals surface area contributed by atoms with E-state index in [2.05, 4.69) is 24.2 Å². The number of likely N-dealkylation sites (N-methyl/N-ethyl adjacent to an activating group) is 1. The van der Waals surface area contributed by atoms with Gasteiger partial charge in [0.05, 0.1) is 6.61 Å². The smallest absolute Gasteiger partial charge is 0.127 e. The molecule has 1 aliphatic rings.